The first kappa shape index (κ1) is 11.6. The summed E-state index contributed by atoms with van der Waals surface area (Å²) >= 11 is 7.50. The molecule has 0 bridgehead atoms. The van der Waals surface area contributed by atoms with E-state index in [1.807, 2.05) is 18.3 Å². The number of thiophene rings is 1. The van der Waals surface area contributed by atoms with Crippen LogP contribution < -0.4 is 0 Å². The molecule has 0 aliphatic rings. The second kappa shape index (κ2) is 5.46. The summed E-state index contributed by atoms with van der Waals surface area (Å²) in [5.41, 5.74) is 2.32. The number of pyridine rings is 1. The predicted octanol–water partition coefficient (Wildman–Crippen LogP) is 4.81. The zero-order valence-corrected chi connectivity index (χ0v) is 10.8. The lowest BCUT2D eigenvalue weighted by atomic mass is 10.1. The molecule has 0 aliphatic carbocycles. The molecule has 0 amide bonds. The predicted molar refractivity (Wildman–Crippen MR) is 71.2 cm³/mol. The van der Waals surface area contributed by atoms with Crippen LogP contribution in [0.4, 0.5) is 0 Å². The SMILES string of the molecule is CCCCc1ccc(-c2ccc(Cl)s2)cn1. The van der Waals surface area contributed by atoms with Crippen LogP contribution in [0.2, 0.25) is 4.34 Å². The molecule has 2 rings (SSSR count). The van der Waals surface area contributed by atoms with E-state index in [-0.39, 0.29) is 0 Å². The maximum atomic E-state index is 5.91. The Hall–Kier alpha value is -0.860. The molecule has 0 aromatic carbocycles. The number of unbranched alkanes of at least 4 members (excludes halogenated alkanes) is 1. The van der Waals surface area contributed by atoms with Crippen LogP contribution in [0, 0.1) is 0 Å². The van der Waals surface area contributed by atoms with Gasteiger partial charge in [-0.25, -0.2) is 0 Å². The average Bonchev–Trinajstić information content (AvgIpc) is 2.74. The number of rotatable bonds is 4. The van der Waals surface area contributed by atoms with E-state index in [2.05, 4.69) is 24.0 Å². The quantitative estimate of drug-likeness (QED) is 0.760. The van der Waals surface area contributed by atoms with Crippen LogP contribution in [-0.2, 0) is 6.42 Å². The number of aromatic nitrogens is 1. The van der Waals surface area contributed by atoms with Crippen molar-refractivity contribution in [3.63, 3.8) is 0 Å². The lowest BCUT2D eigenvalue weighted by molar-refractivity contribution is 0.777. The van der Waals surface area contributed by atoms with Crippen LogP contribution in [0.15, 0.2) is 30.5 Å². The van der Waals surface area contributed by atoms with Crippen molar-refractivity contribution < 1.29 is 0 Å². The van der Waals surface area contributed by atoms with Gasteiger partial charge >= 0.3 is 0 Å². The fraction of sp³-hybridized carbons (Fsp3) is 0.308. The molecule has 0 atom stereocenters. The van der Waals surface area contributed by atoms with Crippen LogP contribution in [0.25, 0.3) is 10.4 Å². The van der Waals surface area contributed by atoms with Gasteiger partial charge in [0.1, 0.15) is 0 Å². The summed E-state index contributed by atoms with van der Waals surface area (Å²) < 4.78 is 0.824. The average molecular weight is 252 g/mol. The minimum Gasteiger partial charge on any atom is -0.261 e. The number of hydrogen-bond donors (Lipinski definition) is 0. The van der Waals surface area contributed by atoms with Gasteiger partial charge in [-0.05, 0) is 31.0 Å². The Bertz CT molecular complexity index is 447. The van der Waals surface area contributed by atoms with E-state index < -0.39 is 0 Å². The third-order valence-corrected chi connectivity index (χ3v) is 3.75. The summed E-state index contributed by atoms with van der Waals surface area (Å²) in [6.07, 6.45) is 5.43. The first-order valence-corrected chi connectivity index (χ1v) is 6.69. The van der Waals surface area contributed by atoms with Crippen molar-refractivity contribution in [1.29, 1.82) is 0 Å². The van der Waals surface area contributed by atoms with Crippen molar-refractivity contribution in [1.82, 2.24) is 4.98 Å². The maximum absolute atomic E-state index is 5.91. The third kappa shape index (κ3) is 2.83. The first-order valence-electron chi connectivity index (χ1n) is 5.50. The molecular formula is C13H14ClNS. The highest BCUT2D eigenvalue weighted by Crippen LogP contribution is 2.30. The lowest BCUT2D eigenvalue weighted by Crippen LogP contribution is -1.89. The third-order valence-electron chi connectivity index (χ3n) is 2.47. The number of nitrogens with zero attached hydrogens (tertiary/aromatic N) is 1. The molecule has 0 saturated heterocycles. The van der Waals surface area contributed by atoms with Crippen molar-refractivity contribution in [3.05, 3.63) is 40.5 Å². The molecule has 16 heavy (non-hydrogen) atoms. The van der Waals surface area contributed by atoms with Gasteiger partial charge in [0.25, 0.3) is 0 Å². The fourth-order valence-corrected chi connectivity index (χ4v) is 2.58. The first-order chi connectivity index (χ1) is 7.79. The molecule has 3 heteroatoms. The van der Waals surface area contributed by atoms with Gasteiger partial charge in [-0.3, -0.25) is 4.98 Å². The van der Waals surface area contributed by atoms with Gasteiger partial charge < -0.3 is 0 Å². The molecule has 2 aromatic rings. The van der Waals surface area contributed by atoms with Gasteiger partial charge in [0.15, 0.2) is 0 Å². The Morgan fingerprint density at radius 2 is 2.12 bits per heavy atom. The second-order valence-corrected chi connectivity index (χ2v) is 5.46. The Morgan fingerprint density at radius 3 is 2.69 bits per heavy atom. The molecular weight excluding hydrogens is 238 g/mol. The van der Waals surface area contributed by atoms with E-state index in [1.54, 1.807) is 11.3 Å². The standard InChI is InChI=1S/C13H14ClNS/c1-2-3-4-11-6-5-10(9-15-11)12-7-8-13(14)16-12/h5-9H,2-4H2,1H3. The number of aryl methyl sites for hydroxylation is 1. The van der Waals surface area contributed by atoms with Gasteiger partial charge in [0.05, 0.1) is 4.34 Å². The number of halogens is 1. The Morgan fingerprint density at radius 1 is 1.25 bits per heavy atom. The normalized spacial score (nSPS) is 10.6. The molecule has 0 radical (unpaired) electrons. The van der Waals surface area contributed by atoms with E-state index in [4.69, 9.17) is 11.6 Å². The lowest BCUT2D eigenvalue weighted by Gasteiger charge is -2.00. The monoisotopic (exact) mass is 251 g/mol. The van der Waals surface area contributed by atoms with Crippen molar-refractivity contribution in [3.8, 4) is 10.4 Å². The molecule has 1 nitrogen and oxygen atoms in total. The van der Waals surface area contributed by atoms with Gasteiger partial charge in [-0.15, -0.1) is 11.3 Å². The highest BCUT2D eigenvalue weighted by molar-refractivity contribution is 7.19. The van der Waals surface area contributed by atoms with Gasteiger partial charge in [-0.2, -0.15) is 0 Å². The Labute approximate surface area is 105 Å². The minimum atomic E-state index is 0.824. The van der Waals surface area contributed by atoms with Crippen LogP contribution >= 0.6 is 22.9 Å². The molecule has 0 fully saturated rings. The highest BCUT2D eigenvalue weighted by Gasteiger charge is 2.02. The summed E-state index contributed by atoms with van der Waals surface area (Å²) in [4.78, 5) is 5.65. The van der Waals surface area contributed by atoms with E-state index in [0.29, 0.717) is 0 Å². The van der Waals surface area contributed by atoms with Crippen LogP contribution in [0.1, 0.15) is 25.5 Å². The van der Waals surface area contributed by atoms with Gasteiger partial charge in [0.2, 0.25) is 0 Å². The number of hydrogen-bond acceptors (Lipinski definition) is 2. The van der Waals surface area contributed by atoms with E-state index in [1.165, 1.54) is 23.4 Å². The molecule has 0 unspecified atom stereocenters. The molecule has 84 valence electrons. The smallest absolute Gasteiger partial charge is 0.0934 e. The van der Waals surface area contributed by atoms with Crippen molar-refractivity contribution in [2.75, 3.05) is 0 Å². The fourth-order valence-electron chi connectivity index (χ4n) is 1.55. The summed E-state index contributed by atoms with van der Waals surface area (Å²) in [5.74, 6) is 0. The zero-order chi connectivity index (χ0) is 11.4. The van der Waals surface area contributed by atoms with E-state index >= 15 is 0 Å². The largest absolute Gasteiger partial charge is 0.261 e. The summed E-state index contributed by atoms with van der Waals surface area (Å²) in [7, 11) is 0. The van der Waals surface area contributed by atoms with Crippen LogP contribution in [-0.4, -0.2) is 4.98 Å². The second-order valence-electron chi connectivity index (χ2n) is 3.75. The molecule has 0 saturated carbocycles. The van der Waals surface area contributed by atoms with Crippen LogP contribution in [0.3, 0.4) is 0 Å². The summed E-state index contributed by atoms with van der Waals surface area (Å²) in [6.45, 7) is 2.20. The van der Waals surface area contributed by atoms with E-state index in [9.17, 15) is 0 Å². The van der Waals surface area contributed by atoms with Crippen molar-refractivity contribution >= 4 is 22.9 Å². The molecule has 0 N–H and O–H groups in total. The van der Waals surface area contributed by atoms with Gasteiger partial charge in [-0.1, -0.05) is 31.0 Å². The van der Waals surface area contributed by atoms with Crippen LogP contribution in [0.5, 0.6) is 0 Å². The minimum absolute atomic E-state index is 0.824. The highest BCUT2D eigenvalue weighted by atomic mass is 35.5. The topological polar surface area (TPSA) is 12.9 Å². The van der Waals surface area contributed by atoms with Gasteiger partial charge in [0, 0.05) is 22.3 Å². The molecule has 2 heterocycles. The molecule has 2 aromatic heterocycles. The zero-order valence-electron chi connectivity index (χ0n) is 9.24. The van der Waals surface area contributed by atoms with Crippen molar-refractivity contribution in [2.45, 2.75) is 26.2 Å². The molecule has 0 spiro atoms. The van der Waals surface area contributed by atoms with E-state index in [0.717, 1.165) is 16.3 Å². The maximum Gasteiger partial charge on any atom is 0.0934 e. The van der Waals surface area contributed by atoms with Crippen molar-refractivity contribution in [2.24, 2.45) is 0 Å². The summed E-state index contributed by atoms with van der Waals surface area (Å²) in [5, 5.41) is 0. The summed E-state index contributed by atoms with van der Waals surface area (Å²) in [6, 6.07) is 8.20. The Kier molecular flexibility index (Phi) is 3.97. The Balaban J connectivity index is 2.13. The molecule has 0 aliphatic heterocycles.